The smallest absolute Gasteiger partial charge is 0.322 e. The molecule has 0 radical (unpaired) electrons. The molecule has 0 bridgehead atoms. The van der Waals surface area contributed by atoms with E-state index in [-0.39, 0.29) is 11.6 Å². The summed E-state index contributed by atoms with van der Waals surface area (Å²) in [7, 11) is 0. The third-order valence-corrected chi connectivity index (χ3v) is 4.70. The molecule has 5 nitrogen and oxygen atoms in total. The van der Waals surface area contributed by atoms with Gasteiger partial charge in [0.1, 0.15) is 0 Å². The first-order valence-corrected chi connectivity index (χ1v) is 8.78. The Morgan fingerprint density at radius 3 is 2.69 bits per heavy atom. The van der Waals surface area contributed by atoms with Gasteiger partial charge in [0.2, 0.25) is 5.56 Å². The zero-order valence-corrected chi connectivity index (χ0v) is 15.4. The molecule has 0 saturated carbocycles. The van der Waals surface area contributed by atoms with Gasteiger partial charge in [-0.25, -0.2) is 4.79 Å². The highest BCUT2D eigenvalue weighted by Gasteiger charge is 2.15. The number of nitrogens with one attached hydrogen (secondary N) is 2. The number of hydrogen-bond acceptors (Lipinski definition) is 2. The van der Waals surface area contributed by atoms with E-state index in [2.05, 4.69) is 10.3 Å². The van der Waals surface area contributed by atoms with Gasteiger partial charge >= 0.3 is 6.03 Å². The highest BCUT2D eigenvalue weighted by molar-refractivity contribution is 6.31. The monoisotopic (exact) mass is 369 g/mol. The number of halogens is 1. The van der Waals surface area contributed by atoms with Crippen molar-refractivity contribution in [3.8, 4) is 0 Å². The van der Waals surface area contributed by atoms with E-state index >= 15 is 0 Å². The molecule has 2 N–H and O–H groups in total. The number of carbonyl (C=O) groups excluding carboxylic acids is 1. The van der Waals surface area contributed by atoms with Crippen LogP contribution in [0.4, 0.5) is 10.5 Å². The van der Waals surface area contributed by atoms with Crippen molar-refractivity contribution in [3.05, 3.63) is 75.0 Å². The topological polar surface area (TPSA) is 65.2 Å². The molecule has 3 aromatic rings. The molecule has 0 atom stereocenters. The van der Waals surface area contributed by atoms with E-state index in [1.807, 2.05) is 50.2 Å². The normalized spacial score (nSPS) is 10.7. The number of benzene rings is 2. The molecule has 1 aromatic heterocycles. The van der Waals surface area contributed by atoms with Gasteiger partial charge < -0.3 is 15.2 Å². The van der Waals surface area contributed by atoms with Crippen LogP contribution in [0.15, 0.2) is 53.3 Å². The molecular weight excluding hydrogens is 350 g/mol. The maximum absolute atomic E-state index is 12.7. The minimum absolute atomic E-state index is 0.180. The average Bonchev–Trinajstić information content (AvgIpc) is 2.62. The molecule has 2 aromatic carbocycles. The quantitative estimate of drug-likeness (QED) is 0.708. The van der Waals surface area contributed by atoms with Crippen LogP contribution in [-0.2, 0) is 6.54 Å². The standard InChI is InChI=1S/C20H20ClN3O2/c1-3-24(20(26)22-15-9-8-13(2)17(21)11-15)12-14-10-19(25)23-18-7-5-4-6-16(14)18/h4-11H,3,12H2,1-2H3,(H,22,26)(H,23,25). The van der Waals surface area contributed by atoms with Crippen LogP contribution in [0.3, 0.4) is 0 Å². The Hall–Kier alpha value is -2.79. The van der Waals surface area contributed by atoms with Gasteiger partial charge in [0, 0.05) is 40.8 Å². The predicted molar refractivity (Wildman–Crippen MR) is 106 cm³/mol. The molecule has 0 aliphatic heterocycles. The largest absolute Gasteiger partial charge is 0.322 e. The fourth-order valence-corrected chi connectivity index (χ4v) is 2.99. The van der Waals surface area contributed by atoms with Crippen molar-refractivity contribution in [3.63, 3.8) is 0 Å². The first-order chi connectivity index (χ1) is 12.5. The van der Waals surface area contributed by atoms with Gasteiger partial charge in [0.05, 0.1) is 0 Å². The van der Waals surface area contributed by atoms with Gasteiger partial charge in [-0.15, -0.1) is 0 Å². The minimum atomic E-state index is -0.239. The summed E-state index contributed by atoms with van der Waals surface area (Å²) in [5, 5.41) is 4.39. The maximum Gasteiger partial charge on any atom is 0.322 e. The molecule has 3 rings (SSSR count). The van der Waals surface area contributed by atoms with E-state index in [0.29, 0.717) is 23.8 Å². The Morgan fingerprint density at radius 1 is 1.19 bits per heavy atom. The third-order valence-electron chi connectivity index (χ3n) is 4.29. The van der Waals surface area contributed by atoms with Crippen molar-refractivity contribution in [1.29, 1.82) is 0 Å². The molecule has 2 amide bonds. The summed E-state index contributed by atoms with van der Waals surface area (Å²) in [6.07, 6.45) is 0. The van der Waals surface area contributed by atoms with Gasteiger partial charge in [-0.1, -0.05) is 35.9 Å². The molecule has 0 aliphatic carbocycles. The van der Waals surface area contributed by atoms with Crippen LogP contribution in [0.5, 0.6) is 0 Å². The van der Waals surface area contributed by atoms with Crippen LogP contribution in [0.1, 0.15) is 18.1 Å². The number of aromatic amines is 1. The minimum Gasteiger partial charge on any atom is -0.322 e. The van der Waals surface area contributed by atoms with Crippen LogP contribution in [0, 0.1) is 6.92 Å². The summed E-state index contributed by atoms with van der Waals surface area (Å²) >= 11 is 6.12. The second-order valence-electron chi connectivity index (χ2n) is 6.11. The van der Waals surface area contributed by atoms with E-state index in [0.717, 1.165) is 22.0 Å². The highest BCUT2D eigenvalue weighted by Crippen LogP contribution is 2.21. The summed E-state index contributed by atoms with van der Waals surface area (Å²) in [4.78, 5) is 29.0. The summed E-state index contributed by atoms with van der Waals surface area (Å²) in [5.74, 6) is 0. The molecule has 134 valence electrons. The predicted octanol–water partition coefficient (Wildman–Crippen LogP) is 4.54. The fourth-order valence-electron chi connectivity index (χ4n) is 2.81. The lowest BCUT2D eigenvalue weighted by Crippen LogP contribution is -2.34. The number of para-hydroxylation sites is 1. The van der Waals surface area contributed by atoms with Crippen molar-refractivity contribution >= 4 is 34.2 Å². The van der Waals surface area contributed by atoms with Crippen LogP contribution in [0.25, 0.3) is 10.9 Å². The van der Waals surface area contributed by atoms with E-state index in [1.165, 1.54) is 0 Å². The van der Waals surface area contributed by atoms with Crippen molar-refractivity contribution in [2.24, 2.45) is 0 Å². The number of carbonyl (C=O) groups is 1. The van der Waals surface area contributed by atoms with Crippen molar-refractivity contribution in [2.45, 2.75) is 20.4 Å². The Labute approximate surface area is 156 Å². The number of hydrogen-bond donors (Lipinski definition) is 2. The molecule has 0 fully saturated rings. The highest BCUT2D eigenvalue weighted by atomic mass is 35.5. The van der Waals surface area contributed by atoms with E-state index in [9.17, 15) is 9.59 Å². The second-order valence-corrected chi connectivity index (χ2v) is 6.52. The van der Waals surface area contributed by atoms with Crippen molar-refractivity contribution in [1.82, 2.24) is 9.88 Å². The summed E-state index contributed by atoms with van der Waals surface area (Å²) in [6, 6.07) is 14.3. The van der Waals surface area contributed by atoms with Gasteiger partial charge in [-0.05, 0) is 43.2 Å². The number of nitrogens with zero attached hydrogens (tertiary/aromatic N) is 1. The molecule has 26 heavy (non-hydrogen) atoms. The van der Waals surface area contributed by atoms with Gasteiger partial charge in [-0.2, -0.15) is 0 Å². The molecule has 0 spiro atoms. The van der Waals surface area contributed by atoms with Gasteiger partial charge in [0.25, 0.3) is 0 Å². The Bertz CT molecular complexity index is 1010. The average molecular weight is 370 g/mol. The number of rotatable bonds is 4. The number of aryl methyl sites for hydroxylation is 1. The number of fused-ring (bicyclic) bond motifs is 1. The van der Waals surface area contributed by atoms with E-state index in [1.54, 1.807) is 17.0 Å². The Kier molecular flexibility index (Phi) is 5.28. The van der Waals surface area contributed by atoms with Gasteiger partial charge in [-0.3, -0.25) is 4.79 Å². The summed E-state index contributed by atoms with van der Waals surface area (Å²) < 4.78 is 0. The van der Waals surface area contributed by atoms with Crippen LogP contribution < -0.4 is 10.9 Å². The SMILES string of the molecule is CCN(Cc1cc(=O)[nH]c2ccccc12)C(=O)Nc1ccc(C)c(Cl)c1. The number of pyridine rings is 1. The zero-order chi connectivity index (χ0) is 18.7. The molecular formula is C20H20ClN3O2. The molecule has 0 aliphatic rings. The summed E-state index contributed by atoms with van der Waals surface area (Å²) in [6.45, 7) is 4.65. The van der Waals surface area contributed by atoms with Crippen molar-refractivity contribution in [2.75, 3.05) is 11.9 Å². The van der Waals surface area contributed by atoms with Crippen LogP contribution >= 0.6 is 11.6 Å². The number of H-pyrrole nitrogens is 1. The lowest BCUT2D eigenvalue weighted by molar-refractivity contribution is 0.212. The van der Waals surface area contributed by atoms with Crippen LogP contribution in [-0.4, -0.2) is 22.5 Å². The molecule has 1 heterocycles. The lowest BCUT2D eigenvalue weighted by atomic mass is 10.1. The summed E-state index contributed by atoms with van der Waals surface area (Å²) in [5.41, 5.74) is 2.98. The molecule has 0 unspecified atom stereocenters. The maximum atomic E-state index is 12.7. The van der Waals surface area contributed by atoms with Crippen LogP contribution in [0.2, 0.25) is 5.02 Å². The number of amides is 2. The fraction of sp³-hybridized carbons (Fsp3) is 0.200. The Morgan fingerprint density at radius 2 is 1.96 bits per heavy atom. The number of anilines is 1. The second kappa shape index (κ2) is 7.62. The molecule has 0 saturated heterocycles. The zero-order valence-electron chi connectivity index (χ0n) is 14.7. The lowest BCUT2D eigenvalue weighted by Gasteiger charge is -2.22. The molecule has 6 heteroatoms. The van der Waals surface area contributed by atoms with E-state index in [4.69, 9.17) is 11.6 Å². The third kappa shape index (κ3) is 3.89. The number of urea groups is 1. The van der Waals surface area contributed by atoms with E-state index < -0.39 is 0 Å². The first-order valence-electron chi connectivity index (χ1n) is 8.41. The van der Waals surface area contributed by atoms with Gasteiger partial charge in [0.15, 0.2) is 0 Å². The number of aromatic nitrogens is 1. The van der Waals surface area contributed by atoms with Crippen molar-refractivity contribution < 1.29 is 4.79 Å². The Balaban J connectivity index is 1.84. The first kappa shape index (κ1) is 18.0.